The van der Waals surface area contributed by atoms with Gasteiger partial charge in [-0.2, -0.15) is 10.2 Å². The average Bonchev–Trinajstić information content (AvgIpc) is 3.28. The van der Waals surface area contributed by atoms with Crippen molar-refractivity contribution < 1.29 is 48.1 Å². The van der Waals surface area contributed by atoms with Crippen LogP contribution in [0.25, 0.3) is 0 Å². The molecule has 0 radical (unpaired) electrons. The zero-order valence-electron chi connectivity index (χ0n) is 35.2. The van der Waals surface area contributed by atoms with Gasteiger partial charge in [0.15, 0.2) is 23.0 Å². The normalized spacial score (nSPS) is 14.1. The summed E-state index contributed by atoms with van der Waals surface area (Å²) in [7, 11) is 0. The van der Waals surface area contributed by atoms with Crippen LogP contribution in [-0.4, -0.2) is 84.0 Å². The fraction of sp³-hybridized carbons (Fsp3) is 0.381. The third-order valence-electron chi connectivity index (χ3n) is 9.43. The number of hydrogen-bond acceptors (Lipinski definition) is 18. The molecule has 0 spiro atoms. The number of rotatable bonds is 16. The fourth-order valence-electron chi connectivity index (χ4n) is 6.12. The molecule has 1 heterocycles. The van der Waals surface area contributed by atoms with Crippen molar-refractivity contribution >= 4 is 45.5 Å². The lowest BCUT2D eigenvalue weighted by Crippen LogP contribution is -2.16. The molecule has 4 aromatic carbocycles. The van der Waals surface area contributed by atoms with Crippen molar-refractivity contribution in [2.45, 2.75) is 52.4 Å². The Hall–Kier alpha value is -7.46. The number of hydrazone groups is 2. The summed E-state index contributed by atoms with van der Waals surface area (Å²) in [4.78, 5) is 43.0. The lowest BCUT2D eigenvalue weighted by atomic mass is 10.0. The molecule has 0 amide bonds. The van der Waals surface area contributed by atoms with Crippen molar-refractivity contribution in [1.82, 2.24) is 0 Å². The smallest absolute Gasteiger partial charge is 0.301 e. The van der Waals surface area contributed by atoms with Gasteiger partial charge in [-0.25, -0.2) is 0 Å². The summed E-state index contributed by atoms with van der Waals surface area (Å²) >= 11 is 0. The van der Waals surface area contributed by atoms with Crippen LogP contribution in [0.4, 0.5) is 34.1 Å². The molecule has 64 heavy (non-hydrogen) atoms. The van der Waals surface area contributed by atoms with Crippen molar-refractivity contribution in [1.29, 1.82) is 0 Å². The maximum atomic E-state index is 11.7. The van der Waals surface area contributed by atoms with Gasteiger partial charge in [0.2, 0.25) is 0 Å². The van der Waals surface area contributed by atoms with E-state index in [4.69, 9.17) is 28.4 Å². The van der Waals surface area contributed by atoms with Gasteiger partial charge in [0.1, 0.15) is 37.8 Å². The molecule has 0 unspecified atom stereocenters. The van der Waals surface area contributed by atoms with Crippen molar-refractivity contribution in [3.05, 3.63) is 124 Å². The van der Waals surface area contributed by atoms with E-state index in [0.29, 0.717) is 58.4 Å². The number of unbranched alkanes of at least 4 members (excludes halogenated alkanes) is 2. The Morgan fingerprint density at radius 3 is 1.22 bits per heavy atom. The highest BCUT2D eigenvalue weighted by molar-refractivity contribution is 6.02. The summed E-state index contributed by atoms with van der Waals surface area (Å²) in [6, 6.07) is 17.1. The number of ether oxygens (including phenoxy) is 6. The van der Waals surface area contributed by atoms with Gasteiger partial charge in [0.25, 0.3) is 11.4 Å². The third kappa shape index (κ3) is 13.8. The van der Waals surface area contributed by atoms with E-state index >= 15 is 0 Å². The number of hydrogen-bond donors (Lipinski definition) is 2. The van der Waals surface area contributed by atoms with Crippen LogP contribution in [0.15, 0.2) is 83.0 Å². The Kier molecular flexibility index (Phi) is 18.0. The highest BCUT2D eigenvalue weighted by atomic mass is 16.6. The maximum absolute atomic E-state index is 11.7. The SMILES string of the molecule is CCCC/C(=N\Nc1ccc([N+](=O)[O-])cc1[N+](=O)[O-])c1ccc2c(c1)OCCOCCOc1cc(/C(CCCC)=N/Nc3ccc([N+](=O)[O-])cc3[N+](=O)[O-])ccc1OCCOCCO2. The van der Waals surface area contributed by atoms with Crippen molar-refractivity contribution in [2.24, 2.45) is 10.2 Å². The molecule has 1 aliphatic rings. The third-order valence-corrected chi connectivity index (χ3v) is 9.43. The molecule has 2 N–H and O–H groups in total. The zero-order chi connectivity index (χ0) is 45.8. The van der Waals surface area contributed by atoms with E-state index in [1.165, 1.54) is 12.1 Å². The molecule has 5 rings (SSSR count). The van der Waals surface area contributed by atoms with E-state index in [2.05, 4.69) is 21.1 Å². The number of non-ortho nitro benzene ring substituents is 2. The van der Waals surface area contributed by atoms with Crippen LogP contribution in [0.3, 0.4) is 0 Å². The quantitative estimate of drug-likeness (QED) is 0.0605. The van der Waals surface area contributed by atoms with Crippen LogP contribution < -0.4 is 29.8 Å². The first-order chi connectivity index (χ1) is 31.0. The molecular weight excluding hydrogens is 841 g/mol. The molecule has 340 valence electrons. The fourth-order valence-corrected chi connectivity index (χ4v) is 6.12. The van der Waals surface area contributed by atoms with E-state index in [9.17, 15) is 40.5 Å². The Morgan fingerprint density at radius 2 is 0.875 bits per heavy atom. The second-order valence-electron chi connectivity index (χ2n) is 13.9. The molecule has 4 aromatic rings. The maximum Gasteiger partial charge on any atom is 0.301 e. The Labute approximate surface area is 366 Å². The van der Waals surface area contributed by atoms with E-state index in [1.807, 2.05) is 13.8 Å². The van der Waals surface area contributed by atoms with Crippen LogP contribution in [0.5, 0.6) is 23.0 Å². The Balaban J connectivity index is 1.30. The van der Waals surface area contributed by atoms with Crippen molar-refractivity contribution in [2.75, 3.05) is 63.7 Å². The molecule has 0 saturated carbocycles. The molecule has 0 aliphatic carbocycles. The van der Waals surface area contributed by atoms with E-state index in [-0.39, 0.29) is 64.2 Å². The number of anilines is 2. The Bertz CT molecular complexity index is 2180. The molecule has 22 nitrogen and oxygen atoms in total. The first-order valence-corrected chi connectivity index (χ1v) is 20.4. The van der Waals surface area contributed by atoms with Gasteiger partial charge in [-0.3, -0.25) is 51.3 Å². The van der Waals surface area contributed by atoms with Gasteiger partial charge in [0.05, 0.1) is 69.7 Å². The van der Waals surface area contributed by atoms with Gasteiger partial charge < -0.3 is 28.4 Å². The number of nitrogens with zero attached hydrogens (tertiary/aromatic N) is 6. The molecule has 22 heteroatoms. The van der Waals surface area contributed by atoms with Crippen LogP contribution >= 0.6 is 0 Å². The number of benzene rings is 4. The Morgan fingerprint density at radius 1 is 0.500 bits per heavy atom. The number of nitrogens with one attached hydrogen (secondary N) is 2. The van der Waals surface area contributed by atoms with Crippen LogP contribution in [0.2, 0.25) is 0 Å². The minimum absolute atomic E-state index is 0.00841. The van der Waals surface area contributed by atoms with E-state index in [1.54, 1.807) is 36.4 Å². The largest absolute Gasteiger partial charge is 0.487 e. The molecule has 0 atom stereocenters. The minimum Gasteiger partial charge on any atom is -0.487 e. The van der Waals surface area contributed by atoms with Gasteiger partial charge in [-0.1, -0.05) is 26.7 Å². The summed E-state index contributed by atoms with van der Waals surface area (Å²) in [6.07, 6.45) is 4.19. The van der Waals surface area contributed by atoms with Crippen LogP contribution in [-0.2, 0) is 9.47 Å². The molecule has 0 fully saturated rings. The lowest BCUT2D eigenvalue weighted by Gasteiger charge is -2.17. The van der Waals surface area contributed by atoms with Gasteiger partial charge in [0, 0.05) is 23.3 Å². The molecule has 1 aliphatic heterocycles. The molecule has 0 saturated heterocycles. The average molecular weight is 889 g/mol. The van der Waals surface area contributed by atoms with Crippen molar-refractivity contribution in [3.8, 4) is 23.0 Å². The summed E-state index contributed by atoms with van der Waals surface area (Å²) in [5, 5.41) is 54.9. The minimum atomic E-state index is -0.714. The zero-order valence-corrected chi connectivity index (χ0v) is 35.2. The first-order valence-electron chi connectivity index (χ1n) is 20.4. The summed E-state index contributed by atoms with van der Waals surface area (Å²) in [5.74, 6) is 1.67. The predicted molar refractivity (Wildman–Crippen MR) is 235 cm³/mol. The monoisotopic (exact) mass is 888 g/mol. The molecule has 0 aromatic heterocycles. The van der Waals surface area contributed by atoms with Crippen LogP contribution in [0.1, 0.15) is 63.5 Å². The van der Waals surface area contributed by atoms with Gasteiger partial charge in [-0.15, -0.1) is 0 Å². The van der Waals surface area contributed by atoms with Crippen LogP contribution in [0, 0.1) is 40.5 Å². The van der Waals surface area contributed by atoms with Crippen molar-refractivity contribution in [3.63, 3.8) is 0 Å². The second-order valence-corrected chi connectivity index (χ2v) is 13.9. The topological polar surface area (TPSA) is 277 Å². The standard InChI is InChI=1S/C42H48N8O14/c1-3-5-7-33(43-45-35-13-11-31(47(51)52)27-37(35)49(55)56)29-9-15-39-41(25-29)63-23-19-60-20-24-64-42-26-30(10-16-40(42)62-22-18-59-17-21-61-39)34(8-6-4-2)44-46-36-14-12-32(48(53)54)28-38(36)50(57)58/h9-16,25-28,45-46H,3-8,17-24H2,1-2H3/b43-33+,44-34+. The second kappa shape index (κ2) is 24.2. The first kappa shape index (κ1) is 47.6. The predicted octanol–water partition coefficient (Wildman–Crippen LogP) is 8.59. The number of nitro benzene ring substituents is 4. The van der Waals surface area contributed by atoms with E-state index < -0.39 is 42.4 Å². The lowest BCUT2D eigenvalue weighted by molar-refractivity contribution is -0.393. The number of fused-ring (bicyclic) bond motifs is 2. The van der Waals surface area contributed by atoms with Gasteiger partial charge in [-0.05, 0) is 74.2 Å². The highest BCUT2D eigenvalue weighted by Gasteiger charge is 2.22. The highest BCUT2D eigenvalue weighted by Crippen LogP contribution is 2.34. The summed E-state index contributed by atoms with van der Waals surface area (Å²) in [5.41, 5.74) is 6.06. The molecular formula is C42H48N8O14. The van der Waals surface area contributed by atoms with Gasteiger partial charge >= 0.3 is 11.4 Å². The molecule has 0 bridgehead atoms. The summed E-state index contributed by atoms with van der Waals surface area (Å²) < 4.78 is 36.0. The number of nitro groups is 4. The summed E-state index contributed by atoms with van der Waals surface area (Å²) in [6.45, 7) is 5.43. The van der Waals surface area contributed by atoms with E-state index in [0.717, 1.165) is 49.9 Å².